The van der Waals surface area contributed by atoms with Crippen LogP contribution in [0.15, 0.2) is 91.1 Å². The van der Waals surface area contributed by atoms with Crippen molar-refractivity contribution in [1.82, 2.24) is 14.8 Å². The maximum Gasteiger partial charge on any atom is 0.433 e. The number of benzene rings is 3. The lowest BCUT2D eigenvalue weighted by Gasteiger charge is -2.12. The van der Waals surface area contributed by atoms with Crippen LogP contribution in [0.25, 0.3) is 39.0 Å². The SMILES string of the molecule is FC(F)(F)c1cc(-c2ccc(-c3ccccc3)cc2)nn1-c1ccnc2cc(Cl)ccc12. The van der Waals surface area contributed by atoms with Gasteiger partial charge in [0.1, 0.15) is 5.69 Å². The van der Waals surface area contributed by atoms with Crippen LogP contribution >= 0.6 is 11.6 Å². The molecule has 32 heavy (non-hydrogen) atoms. The molecular weight excluding hydrogens is 435 g/mol. The fraction of sp³-hybridized carbons (Fsp3) is 0.0400. The Balaban J connectivity index is 1.63. The first-order chi connectivity index (χ1) is 15.4. The van der Waals surface area contributed by atoms with Crippen molar-refractivity contribution in [1.29, 1.82) is 0 Å². The first-order valence-corrected chi connectivity index (χ1v) is 10.2. The van der Waals surface area contributed by atoms with Gasteiger partial charge < -0.3 is 0 Å². The Morgan fingerprint density at radius 2 is 1.44 bits per heavy atom. The van der Waals surface area contributed by atoms with E-state index in [1.54, 1.807) is 30.3 Å². The van der Waals surface area contributed by atoms with Gasteiger partial charge in [-0.2, -0.15) is 18.3 Å². The molecule has 0 saturated carbocycles. The van der Waals surface area contributed by atoms with Crippen molar-refractivity contribution in [2.75, 3.05) is 0 Å². The van der Waals surface area contributed by atoms with Crippen molar-refractivity contribution in [3.05, 3.63) is 102 Å². The Kier molecular flexibility index (Phi) is 4.94. The number of alkyl halides is 3. The molecule has 0 radical (unpaired) electrons. The van der Waals surface area contributed by atoms with E-state index in [0.717, 1.165) is 21.9 Å². The fourth-order valence-electron chi connectivity index (χ4n) is 3.66. The second-order valence-corrected chi connectivity index (χ2v) is 7.70. The molecule has 3 nitrogen and oxygen atoms in total. The number of pyridine rings is 1. The van der Waals surface area contributed by atoms with Crippen LogP contribution in [0, 0.1) is 0 Å². The number of fused-ring (bicyclic) bond motifs is 1. The van der Waals surface area contributed by atoms with Crippen LogP contribution in [-0.2, 0) is 6.18 Å². The maximum atomic E-state index is 13.9. The summed E-state index contributed by atoms with van der Waals surface area (Å²) >= 11 is 6.02. The molecule has 5 rings (SSSR count). The third kappa shape index (κ3) is 3.74. The van der Waals surface area contributed by atoms with Crippen LogP contribution in [-0.4, -0.2) is 14.8 Å². The second-order valence-electron chi connectivity index (χ2n) is 7.26. The lowest BCUT2D eigenvalue weighted by molar-refractivity contribution is -0.142. The van der Waals surface area contributed by atoms with Gasteiger partial charge in [0.25, 0.3) is 0 Å². The monoisotopic (exact) mass is 449 g/mol. The number of hydrogen-bond acceptors (Lipinski definition) is 2. The standard InChI is InChI=1S/C25H15ClF3N3/c26-19-10-11-20-22(14-19)30-13-12-23(20)32-24(25(27,28)29)15-21(31-32)18-8-6-17(7-9-18)16-4-2-1-3-5-16/h1-15H. The van der Waals surface area contributed by atoms with E-state index in [-0.39, 0.29) is 11.4 Å². The summed E-state index contributed by atoms with van der Waals surface area (Å²) in [6.07, 6.45) is -3.14. The van der Waals surface area contributed by atoms with Crippen LogP contribution < -0.4 is 0 Å². The highest BCUT2D eigenvalue weighted by Crippen LogP contribution is 2.36. The zero-order valence-corrected chi connectivity index (χ0v) is 17.3. The first-order valence-electron chi connectivity index (χ1n) is 9.78. The summed E-state index contributed by atoms with van der Waals surface area (Å²) in [6.45, 7) is 0. The molecule has 158 valence electrons. The molecule has 0 aliphatic heterocycles. The summed E-state index contributed by atoms with van der Waals surface area (Å²) in [7, 11) is 0. The van der Waals surface area contributed by atoms with Gasteiger partial charge >= 0.3 is 6.18 Å². The molecule has 0 aliphatic carbocycles. The minimum absolute atomic E-state index is 0.232. The molecule has 5 aromatic rings. The summed E-state index contributed by atoms with van der Waals surface area (Å²) in [6, 6.07) is 24.5. The van der Waals surface area contributed by atoms with Crippen molar-refractivity contribution in [2.45, 2.75) is 6.18 Å². The predicted octanol–water partition coefficient (Wildman–Crippen LogP) is 7.43. The number of rotatable bonds is 3. The van der Waals surface area contributed by atoms with Crippen LogP contribution in [0.5, 0.6) is 0 Å². The highest BCUT2D eigenvalue weighted by molar-refractivity contribution is 6.31. The smallest absolute Gasteiger partial charge is 0.256 e. The normalized spacial score (nSPS) is 11.8. The van der Waals surface area contributed by atoms with E-state index in [1.807, 2.05) is 42.5 Å². The molecule has 0 unspecified atom stereocenters. The molecule has 7 heteroatoms. The van der Waals surface area contributed by atoms with Crippen molar-refractivity contribution < 1.29 is 13.2 Å². The molecule has 0 atom stereocenters. The van der Waals surface area contributed by atoms with Gasteiger partial charge in [-0.15, -0.1) is 0 Å². The molecule has 3 aromatic carbocycles. The maximum absolute atomic E-state index is 13.9. The average Bonchev–Trinajstić information content (AvgIpc) is 3.25. The van der Waals surface area contributed by atoms with Gasteiger partial charge in [0.05, 0.1) is 16.9 Å². The highest BCUT2D eigenvalue weighted by Gasteiger charge is 2.36. The number of halogens is 4. The third-order valence-corrected chi connectivity index (χ3v) is 5.43. The Morgan fingerprint density at radius 1 is 0.750 bits per heavy atom. The van der Waals surface area contributed by atoms with Gasteiger partial charge in [-0.3, -0.25) is 4.98 Å². The minimum Gasteiger partial charge on any atom is -0.256 e. The van der Waals surface area contributed by atoms with Crippen molar-refractivity contribution in [2.24, 2.45) is 0 Å². The zero-order chi connectivity index (χ0) is 22.3. The van der Waals surface area contributed by atoms with Crippen LogP contribution in [0.4, 0.5) is 13.2 Å². The molecule has 0 saturated heterocycles. The van der Waals surface area contributed by atoms with E-state index in [1.165, 1.54) is 12.3 Å². The number of hydrogen-bond donors (Lipinski definition) is 0. The zero-order valence-electron chi connectivity index (χ0n) is 16.5. The van der Waals surface area contributed by atoms with Gasteiger partial charge in [0.15, 0.2) is 0 Å². The molecule has 0 N–H and O–H groups in total. The summed E-state index contributed by atoms with van der Waals surface area (Å²) in [5.74, 6) is 0. The first kappa shape index (κ1) is 20.3. The molecule has 2 heterocycles. The molecule has 0 aliphatic rings. The highest BCUT2D eigenvalue weighted by atomic mass is 35.5. The molecular formula is C25H15ClF3N3. The lowest BCUT2D eigenvalue weighted by Crippen LogP contribution is -2.13. The Bertz CT molecular complexity index is 1410. The van der Waals surface area contributed by atoms with E-state index in [2.05, 4.69) is 10.1 Å². The lowest BCUT2D eigenvalue weighted by atomic mass is 10.0. The number of aromatic nitrogens is 3. The second kappa shape index (κ2) is 7.80. The summed E-state index contributed by atoms with van der Waals surface area (Å²) < 4.78 is 42.7. The molecule has 2 aromatic heterocycles. The van der Waals surface area contributed by atoms with Gasteiger partial charge in [0, 0.05) is 22.2 Å². The van der Waals surface area contributed by atoms with E-state index in [9.17, 15) is 13.2 Å². The summed E-state index contributed by atoms with van der Waals surface area (Å²) in [5, 5.41) is 5.31. The van der Waals surface area contributed by atoms with Crippen molar-refractivity contribution in [3.8, 4) is 28.1 Å². The van der Waals surface area contributed by atoms with Crippen molar-refractivity contribution >= 4 is 22.5 Å². The number of nitrogens with zero attached hydrogens (tertiary/aromatic N) is 3. The van der Waals surface area contributed by atoms with E-state index >= 15 is 0 Å². The minimum atomic E-state index is -4.59. The molecule has 0 bridgehead atoms. The molecule has 0 amide bonds. The predicted molar refractivity (Wildman–Crippen MR) is 120 cm³/mol. The van der Waals surface area contributed by atoms with Crippen molar-refractivity contribution in [3.63, 3.8) is 0 Å². The fourth-order valence-corrected chi connectivity index (χ4v) is 3.83. The van der Waals surface area contributed by atoms with Gasteiger partial charge in [-0.1, -0.05) is 66.2 Å². The quantitative estimate of drug-likeness (QED) is 0.287. The molecule has 0 spiro atoms. The Labute approximate surface area is 186 Å². The summed E-state index contributed by atoms with van der Waals surface area (Å²) in [4.78, 5) is 4.22. The summed E-state index contributed by atoms with van der Waals surface area (Å²) in [5.41, 5.74) is 2.75. The van der Waals surface area contributed by atoms with Crippen LogP contribution in [0.3, 0.4) is 0 Å². The topological polar surface area (TPSA) is 30.7 Å². The van der Waals surface area contributed by atoms with E-state index in [4.69, 9.17) is 11.6 Å². The van der Waals surface area contributed by atoms with E-state index < -0.39 is 11.9 Å². The third-order valence-electron chi connectivity index (χ3n) is 5.20. The average molecular weight is 450 g/mol. The van der Waals surface area contributed by atoms with E-state index in [0.29, 0.717) is 21.5 Å². The van der Waals surface area contributed by atoms with Crippen LogP contribution in [0.1, 0.15) is 5.69 Å². The Morgan fingerprint density at radius 3 is 2.16 bits per heavy atom. The van der Waals surface area contributed by atoms with Gasteiger partial charge in [0.2, 0.25) is 0 Å². The van der Waals surface area contributed by atoms with Gasteiger partial charge in [-0.25, -0.2) is 4.68 Å². The van der Waals surface area contributed by atoms with Crippen LogP contribution in [0.2, 0.25) is 5.02 Å². The largest absolute Gasteiger partial charge is 0.433 e. The molecule has 0 fully saturated rings. The van der Waals surface area contributed by atoms with Gasteiger partial charge in [-0.05, 0) is 41.5 Å². The Hall–Kier alpha value is -3.64.